The summed E-state index contributed by atoms with van der Waals surface area (Å²) in [6, 6.07) is 0.204. The van der Waals surface area contributed by atoms with Gasteiger partial charge in [-0.3, -0.25) is 0 Å². The summed E-state index contributed by atoms with van der Waals surface area (Å²) in [5.74, 6) is 2.14. The second kappa shape index (κ2) is 3.69. The molecule has 2 unspecified atom stereocenters. The van der Waals surface area contributed by atoms with Crippen molar-refractivity contribution >= 4 is 0 Å². The lowest BCUT2D eigenvalue weighted by Gasteiger charge is -2.08. The lowest BCUT2D eigenvalue weighted by Crippen LogP contribution is -2.22. The Morgan fingerprint density at radius 3 is 2.71 bits per heavy atom. The van der Waals surface area contributed by atoms with Gasteiger partial charge in [-0.05, 0) is 12.8 Å². The lowest BCUT2D eigenvalue weighted by molar-refractivity contribution is 0.340. The fourth-order valence-corrected chi connectivity index (χ4v) is 1.93. The highest BCUT2D eigenvalue weighted by Gasteiger charge is 2.30. The van der Waals surface area contributed by atoms with Crippen molar-refractivity contribution in [3.8, 4) is 0 Å². The van der Waals surface area contributed by atoms with E-state index in [2.05, 4.69) is 24.0 Å². The van der Waals surface area contributed by atoms with E-state index in [1.807, 2.05) is 0 Å². The highest BCUT2D eigenvalue weighted by molar-refractivity contribution is 5.03. The van der Waals surface area contributed by atoms with Crippen molar-refractivity contribution < 1.29 is 4.52 Å². The van der Waals surface area contributed by atoms with E-state index in [1.54, 1.807) is 0 Å². The van der Waals surface area contributed by atoms with Crippen LogP contribution in [-0.4, -0.2) is 16.2 Å². The van der Waals surface area contributed by atoms with Crippen LogP contribution in [-0.2, 0) is 0 Å². The average Bonchev–Trinajstić information content (AvgIpc) is 2.71. The van der Waals surface area contributed by atoms with E-state index in [0.717, 1.165) is 24.6 Å². The first kappa shape index (κ1) is 9.65. The van der Waals surface area contributed by atoms with Gasteiger partial charge in [0, 0.05) is 12.0 Å². The van der Waals surface area contributed by atoms with Crippen LogP contribution >= 0.6 is 0 Å². The number of aromatic nitrogens is 2. The van der Waals surface area contributed by atoms with Gasteiger partial charge in [0.25, 0.3) is 0 Å². The van der Waals surface area contributed by atoms with Crippen LogP contribution in [0.1, 0.15) is 56.7 Å². The van der Waals surface area contributed by atoms with E-state index in [0.29, 0.717) is 5.92 Å². The molecule has 14 heavy (non-hydrogen) atoms. The Balaban J connectivity index is 2.16. The number of nitrogens with zero attached hydrogens (tertiary/aromatic N) is 2. The molecule has 2 atom stereocenters. The topological polar surface area (TPSA) is 64.9 Å². The summed E-state index contributed by atoms with van der Waals surface area (Å²) in [5, 5.41) is 3.95. The van der Waals surface area contributed by atoms with Crippen LogP contribution in [0.15, 0.2) is 4.52 Å². The predicted molar refractivity (Wildman–Crippen MR) is 53.0 cm³/mol. The van der Waals surface area contributed by atoms with Gasteiger partial charge in [-0.15, -0.1) is 0 Å². The molecule has 1 aliphatic rings. The number of nitrogens with two attached hydrogens (primary N) is 1. The van der Waals surface area contributed by atoms with Gasteiger partial charge in [0.2, 0.25) is 5.89 Å². The number of hydrogen-bond donors (Lipinski definition) is 1. The van der Waals surface area contributed by atoms with Crippen LogP contribution in [0.2, 0.25) is 0 Å². The number of hydrogen-bond acceptors (Lipinski definition) is 4. The molecule has 0 aromatic carbocycles. The van der Waals surface area contributed by atoms with E-state index < -0.39 is 0 Å². The smallest absolute Gasteiger partial charge is 0.231 e. The Hall–Kier alpha value is -0.900. The maximum atomic E-state index is 5.97. The minimum absolute atomic E-state index is 0.204. The largest absolute Gasteiger partial charge is 0.339 e. The molecule has 0 aliphatic heterocycles. The standard InChI is InChI=1S/C10H17N3O/c1-6(2)9-12-10(14-13-9)7-4-3-5-8(7)11/h6-8H,3-5,11H2,1-2H3. The molecule has 1 saturated carbocycles. The SMILES string of the molecule is CC(C)c1noc(C2CCCC2N)n1. The summed E-state index contributed by atoms with van der Waals surface area (Å²) in [6.45, 7) is 4.12. The highest BCUT2D eigenvalue weighted by atomic mass is 16.5. The molecule has 0 amide bonds. The highest BCUT2D eigenvalue weighted by Crippen LogP contribution is 2.32. The van der Waals surface area contributed by atoms with Gasteiger partial charge in [0.1, 0.15) is 0 Å². The van der Waals surface area contributed by atoms with Gasteiger partial charge in [-0.25, -0.2) is 0 Å². The summed E-state index contributed by atoms with van der Waals surface area (Å²) in [6.07, 6.45) is 3.33. The van der Waals surface area contributed by atoms with Crippen molar-refractivity contribution in [2.75, 3.05) is 0 Å². The summed E-state index contributed by atoms with van der Waals surface area (Å²) >= 11 is 0. The molecule has 0 saturated heterocycles. The zero-order chi connectivity index (χ0) is 10.1. The normalized spacial score (nSPS) is 27.4. The van der Waals surface area contributed by atoms with Crippen molar-refractivity contribution in [3.63, 3.8) is 0 Å². The molecule has 4 heteroatoms. The molecule has 0 radical (unpaired) electrons. The van der Waals surface area contributed by atoms with E-state index in [-0.39, 0.29) is 12.0 Å². The summed E-state index contributed by atoms with van der Waals surface area (Å²) < 4.78 is 5.24. The molecule has 4 nitrogen and oxygen atoms in total. The minimum Gasteiger partial charge on any atom is -0.339 e. The van der Waals surface area contributed by atoms with E-state index in [4.69, 9.17) is 10.3 Å². The molecule has 1 heterocycles. The maximum absolute atomic E-state index is 5.97. The third kappa shape index (κ3) is 1.66. The van der Waals surface area contributed by atoms with Crippen LogP contribution in [0.3, 0.4) is 0 Å². The Labute approximate surface area is 83.9 Å². The summed E-state index contributed by atoms with van der Waals surface area (Å²) in [5.41, 5.74) is 5.97. The van der Waals surface area contributed by atoms with Crippen molar-refractivity contribution in [1.82, 2.24) is 10.1 Å². The third-order valence-electron chi connectivity index (χ3n) is 2.86. The zero-order valence-electron chi connectivity index (χ0n) is 8.73. The van der Waals surface area contributed by atoms with Crippen molar-refractivity contribution in [3.05, 3.63) is 11.7 Å². The third-order valence-corrected chi connectivity index (χ3v) is 2.86. The minimum atomic E-state index is 0.204. The summed E-state index contributed by atoms with van der Waals surface area (Å²) in [4.78, 5) is 4.38. The van der Waals surface area contributed by atoms with Crippen molar-refractivity contribution in [2.45, 2.75) is 51.0 Å². The molecule has 2 N–H and O–H groups in total. The van der Waals surface area contributed by atoms with Crippen LogP contribution in [0.25, 0.3) is 0 Å². The fraction of sp³-hybridized carbons (Fsp3) is 0.800. The first-order chi connectivity index (χ1) is 6.68. The van der Waals surface area contributed by atoms with Crippen LogP contribution in [0.5, 0.6) is 0 Å². The average molecular weight is 195 g/mol. The van der Waals surface area contributed by atoms with Gasteiger partial charge < -0.3 is 10.3 Å². The molecular weight excluding hydrogens is 178 g/mol. The maximum Gasteiger partial charge on any atom is 0.231 e. The first-order valence-corrected chi connectivity index (χ1v) is 5.27. The molecule has 1 fully saturated rings. The Kier molecular flexibility index (Phi) is 2.54. The zero-order valence-corrected chi connectivity index (χ0v) is 8.73. The van der Waals surface area contributed by atoms with Gasteiger partial charge in [-0.1, -0.05) is 25.4 Å². The molecule has 1 aromatic heterocycles. The Morgan fingerprint density at radius 1 is 1.43 bits per heavy atom. The molecule has 78 valence electrons. The molecular formula is C10H17N3O. The van der Waals surface area contributed by atoms with Crippen molar-refractivity contribution in [2.24, 2.45) is 5.73 Å². The first-order valence-electron chi connectivity index (χ1n) is 5.27. The van der Waals surface area contributed by atoms with Gasteiger partial charge in [-0.2, -0.15) is 4.98 Å². The van der Waals surface area contributed by atoms with Gasteiger partial charge in [0.05, 0.1) is 5.92 Å². The number of rotatable bonds is 2. The predicted octanol–water partition coefficient (Wildman–Crippen LogP) is 1.79. The quantitative estimate of drug-likeness (QED) is 0.781. The van der Waals surface area contributed by atoms with Crippen LogP contribution < -0.4 is 5.73 Å². The molecule has 0 bridgehead atoms. The molecule has 1 aromatic rings. The Morgan fingerprint density at radius 2 is 2.21 bits per heavy atom. The lowest BCUT2D eigenvalue weighted by atomic mass is 10.0. The van der Waals surface area contributed by atoms with Crippen LogP contribution in [0.4, 0.5) is 0 Å². The van der Waals surface area contributed by atoms with E-state index in [9.17, 15) is 0 Å². The molecule has 1 aliphatic carbocycles. The van der Waals surface area contributed by atoms with Gasteiger partial charge in [0.15, 0.2) is 5.82 Å². The Bertz CT molecular complexity index is 308. The summed E-state index contributed by atoms with van der Waals surface area (Å²) in [7, 11) is 0. The van der Waals surface area contributed by atoms with Crippen LogP contribution in [0, 0.1) is 0 Å². The monoisotopic (exact) mass is 195 g/mol. The van der Waals surface area contributed by atoms with E-state index >= 15 is 0 Å². The molecule has 0 spiro atoms. The van der Waals surface area contributed by atoms with E-state index in [1.165, 1.54) is 6.42 Å². The van der Waals surface area contributed by atoms with Gasteiger partial charge >= 0.3 is 0 Å². The second-order valence-corrected chi connectivity index (χ2v) is 4.35. The second-order valence-electron chi connectivity index (χ2n) is 4.35. The molecule has 2 rings (SSSR count). The van der Waals surface area contributed by atoms with Crippen molar-refractivity contribution in [1.29, 1.82) is 0 Å². The fourth-order valence-electron chi connectivity index (χ4n) is 1.93.